The van der Waals surface area contributed by atoms with Gasteiger partial charge in [0.05, 0.1) is 6.04 Å². The summed E-state index contributed by atoms with van der Waals surface area (Å²) in [6.45, 7) is 7.05. The van der Waals surface area contributed by atoms with Crippen LogP contribution in [0.4, 0.5) is 0 Å². The van der Waals surface area contributed by atoms with Gasteiger partial charge in [0.15, 0.2) is 0 Å². The van der Waals surface area contributed by atoms with E-state index in [9.17, 15) is 0 Å². The summed E-state index contributed by atoms with van der Waals surface area (Å²) in [7, 11) is 2.21. The summed E-state index contributed by atoms with van der Waals surface area (Å²) < 4.78 is 0. The predicted molar refractivity (Wildman–Crippen MR) is 77.7 cm³/mol. The summed E-state index contributed by atoms with van der Waals surface area (Å²) in [5.74, 6) is 0.658. The van der Waals surface area contributed by atoms with Gasteiger partial charge in [-0.3, -0.25) is 5.43 Å². The average molecular weight is 260 g/mol. The third-order valence-electron chi connectivity index (χ3n) is 4.34. The minimum atomic E-state index is 0.445. The number of benzene rings is 1. The van der Waals surface area contributed by atoms with Gasteiger partial charge in [-0.1, -0.05) is 30.3 Å². The van der Waals surface area contributed by atoms with Gasteiger partial charge in [-0.25, -0.2) is 5.43 Å². The lowest BCUT2D eigenvalue weighted by Crippen LogP contribution is -2.46. The second-order valence-corrected chi connectivity index (χ2v) is 5.78. The molecule has 0 amide bonds. The van der Waals surface area contributed by atoms with Crippen molar-refractivity contribution in [3.05, 3.63) is 35.9 Å². The van der Waals surface area contributed by atoms with Gasteiger partial charge in [0, 0.05) is 45.2 Å². The molecule has 2 saturated heterocycles. The van der Waals surface area contributed by atoms with Crippen molar-refractivity contribution in [3.63, 3.8) is 0 Å². The van der Waals surface area contributed by atoms with Crippen molar-refractivity contribution in [1.82, 2.24) is 20.7 Å². The normalized spacial score (nSPS) is 29.7. The monoisotopic (exact) mass is 260 g/mol. The molecule has 2 heterocycles. The minimum absolute atomic E-state index is 0.445. The Labute approximate surface area is 115 Å². The molecule has 0 bridgehead atoms. The van der Waals surface area contributed by atoms with Gasteiger partial charge < -0.3 is 9.80 Å². The molecule has 3 rings (SSSR count). The second-order valence-electron chi connectivity index (χ2n) is 5.78. The lowest BCUT2D eigenvalue weighted by molar-refractivity contribution is 0.134. The molecule has 2 fully saturated rings. The number of piperazine rings is 1. The van der Waals surface area contributed by atoms with Gasteiger partial charge in [0.25, 0.3) is 0 Å². The van der Waals surface area contributed by atoms with Crippen LogP contribution >= 0.6 is 0 Å². The zero-order valence-corrected chi connectivity index (χ0v) is 11.7. The standard InChI is InChI=1S/C15H24N4/c1-18-7-9-19(10-8-18)12-14-11-16-17-15(14)13-5-3-2-4-6-13/h2-6,14-17H,7-12H2,1H3. The van der Waals surface area contributed by atoms with E-state index in [-0.39, 0.29) is 0 Å². The summed E-state index contributed by atoms with van der Waals surface area (Å²) in [5.41, 5.74) is 8.16. The summed E-state index contributed by atoms with van der Waals surface area (Å²) >= 11 is 0. The van der Waals surface area contributed by atoms with Crippen molar-refractivity contribution in [2.24, 2.45) is 5.92 Å². The van der Waals surface area contributed by atoms with E-state index in [4.69, 9.17) is 0 Å². The highest BCUT2D eigenvalue weighted by Gasteiger charge is 2.30. The van der Waals surface area contributed by atoms with E-state index in [0.29, 0.717) is 12.0 Å². The van der Waals surface area contributed by atoms with Crippen molar-refractivity contribution in [3.8, 4) is 0 Å². The molecule has 104 valence electrons. The molecule has 2 aliphatic rings. The maximum atomic E-state index is 3.43. The Balaban J connectivity index is 1.61. The Kier molecular flexibility index (Phi) is 4.13. The first-order valence-electron chi connectivity index (χ1n) is 7.27. The molecule has 0 aliphatic carbocycles. The number of rotatable bonds is 3. The number of hydrogen-bond donors (Lipinski definition) is 2. The zero-order valence-electron chi connectivity index (χ0n) is 11.7. The highest BCUT2D eigenvalue weighted by molar-refractivity contribution is 5.20. The van der Waals surface area contributed by atoms with Crippen LogP contribution < -0.4 is 10.9 Å². The summed E-state index contributed by atoms with van der Waals surface area (Å²) in [4.78, 5) is 5.02. The summed E-state index contributed by atoms with van der Waals surface area (Å²) in [6.07, 6.45) is 0. The molecule has 2 atom stereocenters. The Morgan fingerprint density at radius 2 is 1.84 bits per heavy atom. The smallest absolute Gasteiger partial charge is 0.0515 e. The molecule has 2 aliphatic heterocycles. The molecule has 4 nitrogen and oxygen atoms in total. The van der Waals surface area contributed by atoms with E-state index in [2.05, 4.69) is 58.0 Å². The van der Waals surface area contributed by atoms with Crippen molar-refractivity contribution < 1.29 is 0 Å². The van der Waals surface area contributed by atoms with Crippen LogP contribution in [-0.2, 0) is 0 Å². The van der Waals surface area contributed by atoms with Crippen LogP contribution in [0.25, 0.3) is 0 Å². The van der Waals surface area contributed by atoms with Crippen molar-refractivity contribution >= 4 is 0 Å². The highest BCUT2D eigenvalue weighted by Crippen LogP contribution is 2.25. The minimum Gasteiger partial charge on any atom is -0.304 e. The second kappa shape index (κ2) is 6.01. The summed E-state index contributed by atoms with van der Waals surface area (Å²) in [6, 6.07) is 11.2. The molecule has 1 aromatic carbocycles. The molecule has 0 radical (unpaired) electrons. The van der Waals surface area contributed by atoms with E-state index in [0.717, 1.165) is 6.54 Å². The largest absolute Gasteiger partial charge is 0.304 e. The van der Waals surface area contributed by atoms with Crippen LogP contribution in [0, 0.1) is 5.92 Å². The average Bonchev–Trinajstić information content (AvgIpc) is 2.90. The van der Waals surface area contributed by atoms with Crippen LogP contribution in [0.2, 0.25) is 0 Å². The van der Waals surface area contributed by atoms with Crippen LogP contribution in [0.5, 0.6) is 0 Å². The molecule has 0 saturated carbocycles. The van der Waals surface area contributed by atoms with Crippen molar-refractivity contribution in [2.45, 2.75) is 6.04 Å². The number of nitrogens with one attached hydrogen (secondary N) is 2. The van der Waals surface area contributed by atoms with Gasteiger partial charge in [0.1, 0.15) is 0 Å². The molecule has 0 aromatic heterocycles. The van der Waals surface area contributed by atoms with E-state index in [1.807, 2.05) is 0 Å². The van der Waals surface area contributed by atoms with E-state index >= 15 is 0 Å². The predicted octanol–water partition coefficient (Wildman–Crippen LogP) is 0.699. The lowest BCUT2D eigenvalue weighted by atomic mass is 9.94. The number of hydrogen-bond acceptors (Lipinski definition) is 4. The Morgan fingerprint density at radius 3 is 2.58 bits per heavy atom. The molecule has 4 heteroatoms. The van der Waals surface area contributed by atoms with Crippen molar-refractivity contribution in [2.75, 3.05) is 46.3 Å². The topological polar surface area (TPSA) is 30.5 Å². The molecule has 2 unspecified atom stereocenters. The van der Waals surface area contributed by atoms with Gasteiger partial charge in [0.2, 0.25) is 0 Å². The van der Waals surface area contributed by atoms with Crippen LogP contribution in [-0.4, -0.2) is 56.1 Å². The van der Waals surface area contributed by atoms with Gasteiger partial charge in [-0.05, 0) is 12.6 Å². The van der Waals surface area contributed by atoms with Crippen LogP contribution in [0.3, 0.4) is 0 Å². The first-order chi connectivity index (χ1) is 9.33. The molecule has 2 N–H and O–H groups in total. The fraction of sp³-hybridized carbons (Fsp3) is 0.600. The summed E-state index contributed by atoms with van der Waals surface area (Å²) in [5, 5.41) is 0. The first-order valence-corrected chi connectivity index (χ1v) is 7.27. The molecule has 19 heavy (non-hydrogen) atoms. The van der Waals surface area contributed by atoms with Crippen molar-refractivity contribution in [1.29, 1.82) is 0 Å². The maximum Gasteiger partial charge on any atom is 0.0515 e. The third kappa shape index (κ3) is 3.15. The van der Waals surface area contributed by atoms with Crippen LogP contribution in [0.15, 0.2) is 30.3 Å². The molecule has 1 aromatic rings. The SMILES string of the molecule is CN1CCN(CC2CNNC2c2ccccc2)CC1. The quantitative estimate of drug-likeness (QED) is 0.837. The Morgan fingerprint density at radius 1 is 1.11 bits per heavy atom. The Bertz CT molecular complexity index is 386. The molecular formula is C15H24N4. The van der Waals surface area contributed by atoms with Gasteiger partial charge in [-0.2, -0.15) is 0 Å². The van der Waals surface area contributed by atoms with Crippen LogP contribution in [0.1, 0.15) is 11.6 Å². The maximum absolute atomic E-state index is 3.43. The van der Waals surface area contributed by atoms with E-state index in [1.165, 1.54) is 38.3 Å². The van der Waals surface area contributed by atoms with Gasteiger partial charge in [-0.15, -0.1) is 0 Å². The Hall–Kier alpha value is -0.940. The highest BCUT2D eigenvalue weighted by atomic mass is 15.4. The molecule has 0 spiro atoms. The third-order valence-corrected chi connectivity index (χ3v) is 4.34. The first kappa shape index (κ1) is 13.1. The zero-order chi connectivity index (χ0) is 13.1. The number of nitrogens with zero attached hydrogens (tertiary/aromatic N) is 2. The fourth-order valence-corrected chi connectivity index (χ4v) is 3.08. The van der Waals surface area contributed by atoms with E-state index < -0.39 is 0 Å². The fourth-order valence-electron chi connectivity index (χ4n) is 3.08. The van der Waals surface area contributed by atoms with E-state index in [1.54, 1.807) is 0 Å². The number of likely N-dealkylation sites (N-methyl/N-ethyl adjacent to an activating group) is 1. The van der Waals surface area contributed by atoms with Gasteiger partial charge >= 0.3 is 0 Å². The molecular weight excluding hydrogens is 236 g/mol. The lowest BCUT2D eigenvalue weighted by Gasteiger charge is -2.34. The number of hydrazine groups is 1.